The Hall–Kier alpha value is -0.160. The number of rotatable bonds is 5. The van der Waals surface area contributed by atoms with Gasteiger partial charge in [0.1, 0.15) is 0 Å². The molecule has 0 amide bonds. The summed E-state index contributed by atoms with van der Waals surface area (Å²) in [6.45, 7) is 11.1. The molecule has 0 aliphatic carbocycles. The fraction of sp³-hybridized carbons (Fsp3) is 1.00. The van der Waals surface area contributed by atoms with Crippen LogP contribution in [0.3, 0.4) is 0 Å². The first kappa shape index (κ1) is 13.3. The average molecular weight is 241 g/mol. The molecule has 2 fully saturated rings. The first-order chi connectivity index (χ1) is 8.22. The Bertz CT molecular complexity index is 233. The minimum Gasteiger partial charge on any atom is -0.392 e. The summed E-state index contributed by atoms with van der Waals surface area (Å²) in [5, 5.41) is 12.9. The minimum absolute atomic E-state index is 0.124. The van der Waals surface area contributed by atoms with Crippen molar-refractivity contribution in [1.29, 1.82) is 0 Å². The molecule has 2 aliphatic heterocycles. The van der Waals surface area contributed by atoms with Crippen molar-refractivity contribution in [3.8, 4) is 0 Å². The number of hydrogen-bond donors (Lipinski definition) is 2. The average Bonchev–Trinajstić information content (AvgIpc) is 2.91. The molecule has 100 valence electrons. The largest absolute Gasteiger partial charge is 0.392 e. The van der Waals surface area contributed by atoms with Crippen LogP contribution in [0.4, 0.5) is 0 Å². The molecule has 3 unspecified atom stereocenters. The van der Waals surface area contributed by atoms with E-state index in [0.29, 0.717) is 6.04 Å². The second-order valence-corrected chi connectivity index (χ2v) is 5.42. The van der Waals surface area contributed by atoms with E-state index in [9.17, 15) is 5.11 Å². The van der Waals surface area contributed by atoms with Crippen LogP contribution in [0.25, 0.3) is 0 Å². The Labute approximate surface area is 105 Å². The number of aliphatic hydroxyl groups excluding tert-OH is 1. The smallest absolute Gasteiger partial charge is 0.0680 e. The van der Waals surface area contributed by atoms with E-state index in [1.165, 1.54) is 19.5 Å². The molecule has 4 heteroatoms. The van der Waals surface area contributed by atoms with Crippen LogP contribution in [-0.2, 0) is 0 Å². The standard InChI is InChI=1S/C13H27N3O/c1-3-16(4-2)12-5-6-15(10-12)9-11-7-13(17)8-14-11/h11-14,17H,3-10H2,1-2H3. The molecule has 0 aromatic carbocycles. The zero-order chi connectivity index (χ0) is 12.3. The summed E-state index contributed by atoms with van der Waals surface area (Å²) in [5.74, 6) is 0. The Morgan fingerprint density at radius 1 is 1.35 bits per heavy atom. The number of aliphatic hydroxyl groups is 1. The summed E-state index contributed by atoms with van der Waals surface area (Å²) in [6.07, 6.45) is 2.10. The zero-order valence-corrected chi connectivity index (χ0v) is 11.2. The predicted molar refractivity (Wildman–Crippen MR) is 70.2 cm³/mol. The van der Waals surface area contributed by atoms with E-state index in [0.717, 1.165) is 38.6 Å². The van der Waals surface area contributed by atoms with E-state index >= 15 is 0 Å². The molecular weight excluding hydrogens is 214 g/mol. The molecule has 0 radical (unpaired) electrons. The minimum atomic E-state index is -0.124. The van der Waals surface area contributed by atoms with Crippen LogP contribution in [-0.4, -0.2) is 72.4 Å². The molecule has 0 bridgehead atoms. The van der Waals surface area contributed by atoms with E-state index in [4.69, 9.17) is 0 Å². The van der Waals surface area contributed by atoms with Crippen molar-refractivity contribution in [3.63, 3.8) is 0 Å². The van der Waals surface area contributed by atoms with E-state index in [-0.39, 0.29) is 6.10 Å². The van der Waals surface area contributed by atoms with E-state index < -0.39 is 0 Å². The highest BCUT2D eigenvalue weighted by Crippen LogP contribution is 2.17. The summed E-state index contributed by atoms with van der Waals surface area (Å²) in [4.78, 5) is 5.12. The molecule has 2 saturated heterocycles. The third-order valence-electron chi connectivity index (χ3n) is 4.25. The van der Waals surface area contributed by atoms with Gasteiger partial charge in [-0.05, 0) is 32.5 Å². The molecule has 0 spiro atoms. The van der Waals surface area contributed by atoms with Crippen molar-refractivity contribution in [1.82, 2.24) is 15.1 Å². The Kier molecular flexibility index (Phi) is 4.79. The predicted octanol–water partition coefficient (Wildman–Crippen LogP) is 0.125. The number of nitrogens with zero attached hydrogens (tertiary/aromatic N) is 2. The first-order valence-electron chi connectivity index (χ1n) is 7.10. The highest BCUT2D eigenvalue weighted by molar-refractivity contribution is 4.88. The Morgan fingerprint density at radius 2 is 2.12 bits per heavy atom. The fourth-order valence-corrected chi connectivity index (χ4v) is 3.26. The highest BCUT2D eigenvalue weighted by atomic mass is 16.3. The number of β-amino-alcohol motifs (C(OH)–C–C–N with tert-alkyl or cyclic N) is 1. The van der Waals surface area contributed by atoms with Gasteiger partial charge in [-0.3, -0.25) is 4.90 Å². The molecule has 2 rings (SSSR count). The van der Waals surface area contributed by atoms with Gasteiger partial charge in [0.2, 0.25) is 0 Å². The van der Waals surface area contributed by atoms with Crippen molar-refractivity contribution in [2.75, 3.05) is 39.3 Å². The summed E-state index contributed by atoms with van der Waals surface area (Å²) in [5.41, 5.74) is 0. The Balaban J connectivity index is 1.74. The van der Waals surface area contributed by atoms with Gasteiger partial charge in [0.05, 0.1) is 6.10 Å². The van der Waals surface area contributed by atoms with E-state index in [1.807, 2.05) is 0 Å². The Morgan fingerprint density at radius 3 is 2.71 bits per heavy atom. The summed E-state index contributed by atoms with van der Waals surface area (Å²) in [6, 6.07) is 1.25. The molecular formula is C13H27N3O. The van der Waals surface area contributed by atoms with Crippen LogP contribution < -0.4 is 5.32 Å². The van der Waals surface area contributed by atoms with Gasteiger partial charge in [0.15, 0.2) is 0 Å². The zero-order valence-electron chi connectivity index (χ0n) is 11.2. The highest BCUT2D eigenvalue weighted by Gasteiger charge is 2.30. The normalized spacial score (nSPS) is 34.9. The number of likely N-dealkylation sites (tertiary alicyclic amines) is 1. The fourth-order valence-electron chi connectivity index (χ4n) is 3.26. The maximum absolute atomic E-state index is 9.50. The molecule has 4 nitrogen and oxygen atoms in total. The van der Waals surface area contributed by atoms with Crippen molar-refractivity contribution >= 4 is 0 Å². The molecule has 2 heterocycles. The lowest BCUT2D eigenvalue weighted by atomic mass is 10.2. The topological polar surface area (TPSA) is 38.7 Å². The lowest BCUT2D eigenvalue weighted by Crippen LogP contribution is -2.40. The van der Waals surface area contributed by atoms with Crippen LogP contribution >= 0.6 is 0 Å². The number of nitrogens with one attached hydrogen (secondary N) is 1. The maximum atomic E-state index is 9.50. The van der Waals surface area contributed by atoms with E-state index in [2.05, 4.69) is 29.0 Å². The summed E-state index contributed by atoms with van der Waals surface area (Å²) >= 11 is 0. The molecule has 2 aliphatic rings. The molecule has 2 N–H and O–H groups in total. The first-order valence-corrected chi connectivity index (χ1v) is 7.10. The number of hydrogen-bond acceptors (Lipinski definition) is 4. The third kappa shape index (κ3) is 3.41. The second kappa shape index (κ2) is 6.14. The van der Waals surface area contributed by atoms with Crippen molar-refractivity contribution in [2.45, 2.75) is 44.9 Å². The summed E-state index contributed by atoms with van der Waals surface area (Å²) < 4.78 is 0. The van der Waals surface area contributed by atoms with Gasteiger partial charge >= 0.3 is 0 Å². The van der Waals surface area contributed by atoms with Gasteiger partial charge < -0.3 is 15.3 Å². The molecule has 0 aromatic rings. The van der Waals surface area contributed by atoms with Gasteiger partial charge in [-0.1, -0.05) is 13.8 Å². The van der Waals surface area contributed by atoms with E-state index in [1.54, 1.807) is 0 Å². The van der Waals surface area contributed by atoms with Crippen molar-refractivity contribution in [2.24, 2.45) is 0 Å². The second-order valence-electron chi connectivity index (χ2n) is 5.42. The number of likely N-dealkylation sites (N-methyl/N-ethyl adjacent to an activating group) is 1. The lowest BCUT2D eigenvalue weighted by molar-refractivity contribution is 0.186. The quantitative estimate of drug-likeness (QED) is 0.717. The van der Waals surface area contributed by atoms with Gasteiger partial charge in [-0.25, -0.2) is 0 Å². The SMILES string of the molecule is CCN(CC)C1CCN(CC2CC(O)CN2)C1. The van der Waals surface area contributed by atoms with Gasteiger partial charge in [-0.15, -0.1) is 0 Å². The van der Waals surface area contributed by atoms with Crippen LogP contribution in [0, 0.1) is 0 Å². The van der Waals surface area contributed by atoms with Crippen molar-refractivity contribution in [3.05, 3.63) is 0 Å². The van der Waals surface area contributed by atoms with Crippen LogP contribution in [0.5, 0.6) is 0 Å². The van der Waals surface area contributed by atoms with Crippen LogP contribution in [0.2, 0.25) is 0 Å². The molecule has 3 atom stereocenters. The lowest BCUT2D eigenvalue weighted by Gasteiger charge is -2.27. The monoisotopic (exact) mass is 241 g/mol. The van der Waals surface area contributed by atoms with Crippen molar-refractivity contribution < 1.29 is 5.11 Å². The van der Waals surface area contributed by atoms with Crippen LogP contribution in [0.1, 0.15) is 26.7 Å². The van der Waals surface area contributed by atoms with Crippen LogP contribution in [0.15, 0.2) is 0 Å². The molecule has 0 aromatic heterocycles. The van der Waals surface area contributed by atoms with Gasteiger partial charge in [-0.2, -0.15) is 0 Å². The summed E-state index contributed by atoms with van der Waals surface area (Å²) in [7, 11) is 0. The maximum Gasteiger partial charge on any atom is 0.0680 e. The van der Waals surface area contributed by atoms with Gasteiger partial charge in [0, 0.05) is 31.7 Å². The molecule has 17 heavy (non-hydrogen) atoms. The molecule has 0 saturated carbocycles. The van der Waals surface area contributed by atoms with Gasteiger partial charge in [0.25, 0.3) is 0 Å². The third-order valence-corrected chi connectivity index (χ3v) is 4.25.